The molecule has 350 valence electrons. The second kappa shape index (κ2) is 77.5. The molecule has 0 saturated heterocycles. The molecule has 0 unspecified atom stereocenters. The van der Waals surface area contributed by atoms with Gasteiger partial charge in [-0.05, 0) is 51.9 Å². The summed E-state index contributed by atoms with van der Waals surface area (Å²) in [5.74, 6) is 0.843. The molecule has 0 aliphatic carbocycles. The summed E-state index contributed by atoms with van der Waals surface area (Å²) in [4.78, 5) is 31.1. The molecule has 0 aromatic rings. The highest BCUT2D eigenvalue weighted by atomic mass is 32.2. The number of carbonyl (C=O) groups excluding carboxylic acids is 3. The predicted molar refractivity (Wildman–Crippen MR) is 258 cm³/mol. The summed E-state index contributed by atoms with van der Waals surface area (Å²) in [5, 5.41) is 0. The summed E-state index contributed by atoms with van der Waals surface area (Å²) in [6.45, 7) is 37.8. The highest BCUT2D eigenvalue weighted by Gasteiger charge is 1.99. The number of ketones is 1. The molecular formula is C40H103NO10S3Si. The van der Waals surface area contributed by atoms with Crippen molar-refractivity contribution in [3.63, 3.8) is 0 Å². The summed E-state index contributed by atoms with van der Waals surface area (Å²) in [7, 11) is 9.22. The average Bonchev–Trinajstić information content (AvgIpc) is 2.91. The normalized spacial score (nSPS) is 8.56. The zero-order valence-electron chi connectivity index (χ0n) is 43.0. The van der Waals surface area contributed by atoms with Crippen LogP contribution < -0.4 is 0 Å². The van der Waals surface area contributed by atoms with Gasteiger partial charge in [-0.15, -0.1) is 0 Å². The van der Waals surface area contributed by atoms with Crippen LogP contribution >= 0.6 is 11.8 Å². The van der Waals surface area contributed by atoms with Gasteiger partial charge in [0.1, 0.15) is 15.6 Å². The third-order valence-electron chi connectivity index (χ3n) is 1.12. The van der Waals surface area contributed by atoms with E-state index in [4.69, 9.17) is 0 Å². The largest absolute Gasteiger partial charge is 0.507 e. The maximum absolute atomic E-state index is 9.81. The van der Waals surface area contributed by atoms with Crippen LogP contribution in [-0.4, -0.2) is 138 Å². The first-order chi connectivity index (χ1) is 24.2. The number of carbonyl (C=O) groups is 3. The number of hydrogen-bond donors (Lipinski definition) is 0. The second-order valence-corrected chi connectivity index (χ2v) is 26.2. The van der Waals surface area contributed by atoms with Crippen LogP contribution in [0.1, 0.15) is 116 Å². The Morgan fingerprint density at radius 3 is 0.782 bits per heavy atom. The van der Waals surface area contributed by atoms with Crippen LogP contribution in [0, 0.1) is 11.3 Å². The van der Waals surface area contributed by atoms with Gasteiger partial charge in [0, 0.05) is 71.5 Å². The van der Waals surface area contributed by atoms with Crippen LogP contribution in [0.25, 0.3) is 0 Å². The molecular weight excluding hydrogens is 779 g/mol. The van der Waals surface area contributed by atoms with E-state index in [1.165, 1.54) is 41.1 Å². The van der Waals surface area contributed by atoms with E-state index in [9.17, 15) is 27.0 Å². The third-order valence-corrected chi connectivity index (χ3v) is 1.12. The Bertz CT molecular complexity index is 710. The van der Waals surface area contributed by atoms with Gasteiger partial charge in [0.05, 0.1) is 21.3 Å². The van der Waals surface area contributed by atoms with Crippen LogP contribution in [0.2, 0.25) is 26.2 Å². The first-order valence-corrected chi connectivity index (χ1v) is 28.1. The molecule has 11 nitrogen and oxygen atoms in total. The highest BCUT2D eigenvalue weighted by Crippen LogP contribution is 2.08. The van der Waals surface area contributed by atoms with Crippen molar-refractivity contribution >= 4 is 58.4 Å². The molecule has 0 aliphatic rings. The van der Waals surface area contributed by atoms with Crippen LogP contribution in [0.3, 0.4) is 0 Å². The van der Waals surface area contributed by atoms with Gasteiger partial charge >= 0.3 is 12.1 Å². The van der Waals surface area contributed by atoms with Crippen molar-refractivity contribution in [2.45, 2.75) is 142 Å². The van der Waals surface area contributed by atoms with Gasteiger partial charge in [0.15, 0.2) is 0 Å². The molecule has 15 heteroatoms. The van der Waals surface area contributed by atoms with E-state index in [0.29, 0.717) is 11.8 Å². The quantitative estimate of drug-likeness (QED) is 0.183. The predicted octanol–water partition coefficient (Wildman–Crippen LogP) is 11.1. The van der Waals surface area contributed by atoms with Crippen molar-refractivity contribution in [3.05, 3.63) is 0 Å². The Balaban J connectivity index is -0.0000000318. The summed E-state index contributed by atoms with van der Waals surface area (Å²) in [5.41, 5.74) is 0.500. The van der Waals surface area contributed by atoms with Gasteiger partial charge in [-0.2, -0.15) is 11.8 Å². The second-order valence-electron chi connectivity index (χ2n) is 15.6. The zero-order chi connectivity index (χ0) is 48.6. The molecule has 55 heavy (non-hydrogen) atoms. The van der Waals surface area contributed by atoms with Crippen LogP contribution in [-0.2, 0) is 49.2 Å². The molecule has 0 aromatic carbocycles. The van der Waals surface area contributed by atoms with Crippen LogP contribution in [0.5, 0.6) is 0 Å². The summed E-state index contributed by atoms with van der Waals surface area (Å²) < 4.78 is 45.3. The van der Waals surface area contributed by atoms with Crippen molar-refractivity contribution in [3.8, 4) is 0 Å². The van der Waals surface area contributed by atoms with E-state index < -0.39 is 34.9 Å². The fraction of sp³-hybridized carbons (Fsp3) is 0.925. The summed E-state index contributed by atoms with van der Waals surface area (Å²) in [6.07, 6.45) is 12.2. The minimum Gasteiger partial charge on any atom is -0.469 e. The van der Waals surface area contributed by atoms with E-state index in [-0.39, 0.29) is 11.8 Å². The Labute approximate surface area is 355 Å². The van der Waals surface area contributed by atoms with E-state index in [2.05, 4.69) is 121 Å². The van der Waals surface area contributed by atoms with Crippen LogP contribution in [0.15, 0.2) is 0 Å². The van der Waals surface area contributed by atoms with Gasteiger partial charge in [0.25, 0.3) is 0 Å². The number of sulfone groups is 1. The third kappa shape index (κ3) is 2820. The van der Waals surface area contributed by atoms with E-state index in [1.54, 1.807) is 45.4 Å². The smallest absolute Gasteiger partial charge is 0.469 e. The number of nitrogens with zero attached hydrogens (tertiary/aromatic N) is 1. The van der Waals surface area contributed by atoms with Gasteiger partial charge in [-0.1, -0.05) is 122 Å². The van der Waals surface area contributed by atoms with Crippen molar-refractivity contribution in [2.24, 2.45) is 11.3 Å². The average molecular weight is 883 g/mol. The minimum atomic E-state index is -2.67. The van der Waals surface area contributed by atoms with Crippen molar-refractivity contribution in [1.29, 1.82) is 0 Å². The number of thioether (sulfide) groups is 1. The molecule has 0 spiro atoms. The molecule has 0 radical (unpaired) electrons. The van der Waals surface area contributed by atoms with Crippen molar-refractivity contribution in [1.82, 2.24) is 4.90 Å². The molecule has 0 aromatic heterocycles. The lowest BCUT2D eigenvalue weighted by atomic mass is 10.0. The Morgan fingerprint density at radius 1 is 0.709 bits per heavy atom. The monoisotopic (exact) mass is 882 g/mol. The topological polar surface area (TPSA) is 143 Å². The number of Topliss-reactive ketones (excluding diaryl/α,β-unsaturated/α-hetero) is 1. The number of methoxy groups -OCH3 is 4. The summed E-state index contributed by atoms with van der Waals surface area (Å²) >= 11 is 1.75. The fourth-order valence-corrected chi connectivity index (χ4v) is 0.0833. The maximum Gasteiger partial charge on any atom is 0.507 e. The Morgan fingerprint density at radius 2 is 0.782 bits per heavy atom. The van der Waals surface area contributed by atoms with Crippen molar-refractivity contribution in [2.75, 3.05) is 94.2 Å². The molecule has 0 amide bonds. The molecule has 0 aliphatic heterocycles. The molecule has 0 N–H and O–H groups in total. The molecule has 0 saturated carbocycles. The lowest BCUT2D eigenvalue weighted by Crippen LogP contribution is -2.10. The molecule has 0 bridgehead atoms. The van der Waals surface area contributed by atoms with Gasteiger partial charge < -0.3 is 28.6 Å². The zero-order valence-corrected chi connectivity index (χ0v) is 46.4. The number of ether oxygens (including phenoxy) is 4. The first kappa shape index (κ1) is 90.2. The SMILES string of the molecule is CC(C)(C)C.CC(C)C.CCC.CCC.CCC(C)=O.CN(C)C.COC.COC(=O)OC.COC(C)=O.CS(C)(=O)=O.CS(C)=O.CSC.C[Si](C)(C)C. The maximum atomic E-state index is 9.81. The van der Waals surface area contributed by atoms with Crippen molar-refractivity contribution < 1.29 is 46.0 Å². The number of hydrogen-bond acceptors (Lipinski definition) is 12. The van der Waals surface area contributed by atoms with E-state index in [1.807, 2.05) is 45.5 Å². The van der Waals surface area contributed by atoms with Gasteiger partial charge in [-0.25, -0.2) is 13.2 Å². The minimum absolute atomic E-state index is 0.245. The van der Waals surface area contributed by atoms with Gasteiger partial charge in [-0.3, -0.25) is 9.00 Å². The highest BCUT2D eigenvalue weighted by molar-refractivity contribution is 7.97. The molecule has 0 heterocycles. The molecule has 0 atom stereocenters. The van der Waals surface area contributed by atoms with Crippen LogP contribution in [0.4, 0.5) is 4.79 Å². The van der Waals surface area contributed by atoms with Gasteiger partial charge in [0.2, 0.25) is 0 Å². The Kier molecular flexibility index (Phi) is 127. The standard InChI is InChI=1S/C5H12.C4H8O.C4H12Si.C4H10.C3H9N.C3H6O3.C3H6O2.2C3H8.C2H6O2S.C2H6OS.C2H6O.C2H6S/c1-5(2,3)4;1-3-4(2)5;1-5(2,3)4;2*1-4(2)3;1-5-3(4)6-2;1-3(4)5-2;2*1-3-2;1-5(2,3)4;1-4(2)3;2*1-3-2/h1-4H3;3H2,1-2H3;1-4H3;4H,1-3H3;1-3H3;1-2H3;1-2H3;2*3H2,1-2H3;1-2H3;1-2H3;2*1-2H3. The number of esters is 1. The Hall–Kier alpha value is -1.00. The summed E-state index contributed by atoms with van der Waals surface area (Å²) in [6, 6.07) is 0. The fourth-order valence-electron chi connectivity index (χ4n) is 0.0833. The number of rotatable bonds is 1. The lowest BCUT2D eigenvalue weighted by Gasteiger charge is -2.05. The van der Waals surface area contributed by atoms with E-state index in [0.717, 1.165) is 18.4 Å². The lowest BCUT2D eigenvalue weighted by molar-refractivity contribution is -0.138. The molecule has 0 fully saturated rings. The van der Waals surface area contributed by atoms with E-state index >= 15 is 0 Å². The first-order valence-electron chi connectivity index (χ1n) is 18.2. The molecule has 0 rings (SSSR count).